The Balaban J connectivity index is 1.06. The summed E-state index contributed by atoms with van der Waals surface area (Å²) in [4.78, 5) is 23.8. The first-order valence-corrected chi connectivity index (χ1v) is 13.2. The van der Waals surface area contributed by atoms with Gasteiger partial charge in [-0.05, 0) is 48.2 Å². The van der Waals surface area contributed by atoms with Crippen molar-refractivity contribution in [3.63, 3.8) is 0 Å². The second-order valence-corrected chi connectivity index (χ2v) is 10.4. The number of rotatable bonds is 3. The molecule has 37 heavy (non-hydrogen) atoms. The zero-order valence-electron chi connectivity index (χ0n) is 21.2. The van der Waals surface area contributed by atoms with Gasteiger partial charge in [0.05, 0.1) is 31.1 Å². The van der Waals surface area contributed by atoms with Crippen LogP contribution in [0.15, 0.2) is 47.0 Å². The number of piperazine rings is 1. The largest absolute Gasteiger partial charge is 0.496 e. The number of oxazole rings is 1. The molecule has 0 aliphatic carbocycles. The van der Waals surface area contributed by atoms with Gasteiger partial charge < -0.3 is 28.6 Å². The number of anilines is 1. The van der Waals surface area contributed by atoms with Crippen LogP contribution in [0.3, 0.4) is 0 Å². The molecule has 1 aromatic heterocycles. The normalized spacial score (nSPS) is 18.8. The van der Waals surface area contributed by atoms with Gasteiger partial charge >= 0.3 is 6.03 Å². The number of amides is 2. The number of nitrogens with zero attached hydrogens (tertiary/aromatic N) is 4. The highest BCUT2D eigenvalue weighted by atomic mass is 35.5. The van der Waals surface area contributed by atoms with Gasteiger partial charge in [0.15, 0.2) is 11.7 Å². The van der Waals surface area contributed by atoms with Crippen LogP contribution in [0.2, 0.25) is 5.02 Å². The monoisotopic (exact) mass is 522 g/mol. The van der Waals surface area contributed by atoms with Crippen molar-refractivity contribution in [2.24, 2.45) is 0 Å². The van der Waals surface area contributed by atoms with Crippen molar-refractivity contribution in [3.05, 3.63) is 64.6 Å². The van der Waals surface area contributed by atoms with Gasteiger partial charge in [-0.25, -0.2) is 9.78 Å². The van der Waals surface area contributed by atoms with Gasteiger partial charge in [-0.15, -0.1) is 0 Å². The van der Waals surface area contributed by atoms with Gasteiger partial charge in [-0.2, -0.15) is 0 Å². The SMILES string of the molecule is COc1cc(N2CCN(C(=O)N3CCC4(CC3)OCc3cc(Cl)ccc34)CC2)ccc1-c1cnc(C)o1. The third-order valence-electron chi connectivity index (χ3n) is 7.89. The van der Waals surface area contributed by atoms with Crippen LogP contribution >= 0.6 is 11.6 Å². The van der Waals surface area contributed by atoms with Crippen LogP contribution in [0.25, 0.3) is 11.3 Å². The topological polar surface area (TPSA) is 71.3 Å². The molecule has 4 heterocycles. The third-order valence-corrected chi connectivity index (χ3v) is 8.13. The number of ether oxygens (including phenoxy) is 2. The fourth-order valence-corrected chi connectivity index (χ4v) is 6.01. The molecule has 0 unspecified atom stereocenters. The van der Waals surface area contributed by atoms with Crippen LogP contribution in [0.4, 0.5) is 10.5 Å². The van der Waals surface area contributed by atoms with E-state index in [2.05, 4.69) is 22.0 Å². The second-order valence-electron chi connectivity index (χ2n) is 9.96. The third kappa shape index (κ3) is 4.42. The first-order valence-electron chi connectivity index (χ1n) is 12.8. The van der Waals surface area contributed by atoms with Crippen LogP contribution in [-0.2, 0) is 16.9 Å². The number of likely N-dealkylation sites (tertiary alicyclic amines) is 1. The number of carbonyl (C=O) groups excluding carboxylic acids is 1. The van der Waals surface area contributed by atoms with Gasteiger partial charge in [0.25, 0.3) is 0 Å². The average molecular weight is 523 g/mol. The molecule has 2 fully saturated rings. The van der Waals surface area contributed by atoms with Crippen LogP contribution in [-0.4, -0.2) is 67.2 Å². The molecule has 0 atom stereocenters. The standard InChI is InChI=1S/C28H31ClN4O4/c1-19-30-17-26(37-19)23-5-4-22(16-25(23)35-2)31-11-13-33(14-12-31)27(34)32-9-7-28(8-10-32)24-6-3-21(29)15-20(24)18-36-28/h3-6,15-17H,7-14,18H2,1-2H3. The Labute approximate surface area is 221 Å². The number of methoxy groups -OCH3 is 1. The van der Waals surface area contributed by atoms with Crippen molar-refractivity contribution >= 4 is 23.3 Å². The highest BCUT2D eigenvalue weighted by molar-refractivity contribution is 6.30. The van der Waals surface area contributed by atoms with E-state index >= 15 is 0 Å². The minimum Gasteiger partial charge on any atom is -0.496 e. The fraction of sp³-hybridized carbons (Fsp3) is 0.429. The molecule has 0 saturated carbocycles. The number of carbonyl (C=O) groups is 1. The zero-order chi connectivity index (χ0) is 25.6. The Kier molecular flexibility index (Phi) is 6.24. The fourth-order valence-electron chi connectivity index (χ4n) is 5.81. The van der Waals surface area contributed by atoms with Crippen LogP contribution in [0.5, 0.6) is 5.75 Å². The van der Waals surface area contributed by atoms with E-state index in [9.17, 15) is 4.79 Å². The predicted molar refractivity (Wildman–Crippen MR) is 141 cm³/mol. The summed E-state index contributed by atoms with van der Waals surface area (Å²) in [5.74, 6) is 2.05. The van der Waals surface area contributed by atoms with E-state index in [4.69, 9.17) is 25.5 Å². The highest BCUT2D eigenvalue weighted by Gasteiger charge is 2.44. The number of aryl methyl sites for hydroxylation is 1. The lowest BCUT2D eigenvalue weighted by Crippen LogP contribution is -2.55. The molecule has 8 nitrogen and oxygen atoms in total. The Morgan fingerprint density at radius 3 is 2.49 bits per heavy atom. The Morgan fingerprint density at radius 1 is 1.03 bits per heavy atom. The molecule has 3 aliphatic heterocycles. The number of halogens is 1. The van der Waals surface area contributed by atoms with E-state index in [1.807, 2.05) is 41.0 Å². The summed E-state index contributed by atoms with van der Waals surface area (Å²) in [5, 5.41) is 0.741. The Hall–Kier alpha value is -3.23. The molecule has 3 aromatic rings. The lowest BCUT2D eigenvalue weighted by molar-refractivity contribution is -0.0742. The minimum absolute atomic E-state index is 0.123. The van der Waals surface area contributed by atoms with Crippen molar-refractivity contribution in [2.45, 2.75) is 32.0 Å². The van der Waals surface area contributed by atoms with Gasteiger partial charge in [-0.3, -0.25) is 0 Å². The number of piperidine rings is 1. The van der Waals surface area contributed by atoms with Gasteiger partial charge in [0, 0.05) is 63.0 Å². The molecule has 194 valence electrons. The van der Waals surface area contributed by atoms with E-state index < -0.39 is 0 Å². The van der Waals surface area contributed by atoms with E-state index in [0.717, 1.165) is 48.0 Å². The van der Waals surface area contributed by atoms with Gasteiger partial charge in [0.2, 0.25) is 0 Å². The summed E-state index contributed by atoms with van der Waals surface area (Å²) >= 11 is 6.17. The van der Waals surface area contributed by atoms with Crippen molar-refractivity contribution in [2.75, 3.05) is 51.3 Å². The summed E-state index contributed by atoms with van der Waals surface area (Å²) in [6, 6.07) is 12.3. The van der Waals surface area contributed by atoms with E-state index in [0.29, 0.717) is 44.4 Å². The zero-order valence-corrected chi connectivity index (χ0v) is 22.0. The number of benzene rings is 2. The first-order chi connectivity index (χ1) is 18.0. The Morgan fingerprint density at radius 2 is 1.78 bits per heavy atom. The smallest absolute Gasteiger partial charge is 0.320 e. The number of aromatic nitrogens is 1. The molecule has 9 heteroatoms. The van der Waals surface area contributed by atoms with Crippen molar-refractivity contribution < 1.29 is 18.7 Å². The number of hydrogen-bond donors (Lipinski definition) is 0. The molecule has 1 spiro atoms. The molecular formula is C28H31ClN4O4. The molecular weight excluding hydrogens is 492 g/mol. The number of hydrogen-bond acceptors (Lipinski definition) is 6. The molecule has 0 N–H and O–H groups in total. The maximum Gasteiger partial charge on any atom is 0.320 e. The molecule has 3 aliphatic rings. The van der Waals surface area contributed by atoms with Gasteiger partial charge in [-0.1, -0.05) is 17.7 Å². The minimum atomic E-state index is -0.287. The van der Waals surface area contributed by atoms with E-state index in [1.165, 1.54) is 11.1 Å². The highest BCUT2D eigenvalue weighted by Crippen LogP contribution is 2.45. The van der Waals surface area contributed by atoms with Gasteiger partial charge in [0.1, 0.15) is 5.75 Å². The lowest BCUT2D eigenvalue weighted by Gasteiger charge is -2.43. The van der Waals surface area contributed by atoms with E-state index in [1.54, 1.807) is 13.3 Å². The molecule has 6 rings (SSSR count). The Bertz CT molecular complexity index is 1310. The second kappa shape index (κ2) is 9.58. The van der Waals surface area contributed by atoms with Crippen LogP contribution < -0.4 is 9.64 Å². The van der Waals surface area contributed by atoms with Crippen molar-refractivity contribution in [1.29, 1.82) is 0 Å². The van der Waals surface area contributed by atoms with Crippen molar-refractivity contribution in [3.8, 4) is 17.1 Å². The van der Waals surface area contributed by atoms with Crippen LogP contribution in [0.1, 0.15) is 29.9 Å². The lowest BCUT2D eigenvalue weighted by atomic mass is 9.84. The quantitative estimate of drug-likeness (QED) is 0.478. The summed E-state index contributed by atoms with van der Waals surface area (Å²) in [5.41, 5.74) is 4.06. The molecule has 2 amide bonds. The molecule has 0 bridgehead atoms. The van der Waals surface area contributed by atoms with Crippen molar-refractivity contribution in [1.82, 2.24) is 14.8 Å². The number of urea groups is 1. The van der Waals surface area contributed by atoms with Crippen LogP contribution in [0, 0.1) is 6.92 Å². The molecule has 2 aromatic carbocycles. The number of fused-ring (bicyclic) bond motifs is 2. The summed E-state index contributed by atoms with van der Waals surface area (Å²) < 4.78 is 17.6. The maximum absolute atomic E-state index is 13.3. The summed E-state index contributed by atoms with van der Waals surface area (Å²) in [6.45, 7) is 6.71. The average Bonchev–Trinajstić information content (AvgIpc) is 3.51. The maximum atomic E-state index is 13.3. The first kappa shape index (κ1) is 24.1. The summed E-state index contributed by atoms with van der Waals surface area (Å²) in [6.07, 6.45) is 3.33. The molecule has 2 saturated heterocycles. The predicted octanol–water partition coefficient (Wildman–Crippen LogP) is 5.08. The van der Waals surface area contributed by atoms with E-state index in [-0.39, 0.29) is 11.6 Å². The molecule has 0 radical (unpaired) electrons. The summed E-state index contributed by atoms with van der Waals surface area (Å²) in [7, 11) is 1.66.